The van der Waals surface area contributed by atoms with Gasteiger partial charge in [-0.2, -0.15) is 4.79 Å². The molecule has 4 N–H and O–H groups in total. The summed E-state index contributed by atoms with van der Waals surface area (Å²) in [5.74, 6) is -0.696. The van der Waals surface area contributed by atoms with Crippen LogP contribution in [0.25, 0.3) is 0 Å². The fraction of sp³-hybridized carbons (Fsp3) is 0.429. The summed E-state index contributed by atoms with van der Waals surface area (Å²) in [4.78, 5) is 40.9. The number of benzene rings is 1. The zero-order valence-corrected chi connectivity index (χ0v) is 17.7. The topological polar surface area (TPSA) is 131 Å². The Balaban J connectivity index is 2.08. The van der Waals surface area contributed by atoms with Crippen molar-refractivity contribution in [1.29, 1.82) is 0 Å². The molecule has 30 heavy (non-hydrogen) atoms. The van der Waals surface area contributed by atoms with Gasteiger partial charge in [0.2, 0.25) is 6.34 Å². The van der Waals surface area contributed by atoms with Crippen molar-refractivity contribution in [3.05, 3.63) is 47.8 Å². The highest BCUT2D eigenvalue weighted by atomic mass is 16.6. The van der Waals surface area contributed by atoms with E-state index >= 15 is 0 Å². The van der Waals surface area contributed by atoms with Crippen molar-refractivity contribution in [3.8, 4) is 0 Å². The fourth-order valence-electron chi connectivity index (χ4n) is 2.99. The van der Waals surface area contributed by atoms with Crippen molar-refractivity contribution >= 4 is 24.4 Å². The Labute approximate surface area is 175 Å². The molecule has 3 atom stereocenters. The van der Waals surface area contributed by atoms with E-state index in [0.29, 0.717) is 5.70 Å². The number of rotatable bonds is 6. The molecular formula is C21H29N4O5+. The number of nitrogens with one attached hydrogen (secondary N) is 1. The van der Waals surface area contributed by atoms with E-state index in [2.05, 4.69) is 10.3 Å². The summed E-state index contributed by atoms with van der Waals surface area (Å²) in [5.41, 5.74) is 6.59. The highest BCUT2D eigenvalue weighted by molar-refractivity contribution is 5.94. The second kappa shape index (κ2) is 9.19. The number of quaternary nitrogens is 1. The van der Waals surface area contributed by atoms with Gasteiger partial charge in [0.25, 0.3) is 0 Å². The summed E-state index contributed by atoms with van der Waals surface area (Å²) in [7, 11) is 0. The number of carbonyl (C=O) groups is 3. The molecule has 1 aromatic carbocycles. The number of aliphatic imine (C=N–C) groups is 1. The lowest BCUT2D eigenvalue weighted by molar-refractivity contribution is -0.619. The maximum absolute atomic E-state index is 12.9. The number of ether oxygens (including phenoxy) is 1. The fourth-order valence-corrected chi connectivity index (χ4v) is 2.99. The third-order valence-electron chi connectivity index (χ3n) is 4.33. The van der Waals surface area contributed by atoms with Gasteiger partial charge < -0.3 is 20.9 Å². The SMILES string of the molecule is C[C@H](CC1=C[N+](C(=O)O)(C(=O)[C@@H](N)Cc2ccccc2)C=N1)NC(=O)OC(C)(C)C. The number of nitrogens with zero attached hydrogens (tertiary/aromatic N) is 2. The second-order valence-electron chi connectivity index (χ2n) is 8.31. The molecular weight excluding hydrogens is 388 g/mol. The van der Waals surface area contributed by atoms with Crippen molar-refractivity contribution in [2.45, 2.75) is 58.2 Å². The van der Waals surface area contributed by atoms with E-state index in [0.717, 1.165) is 11.9 Å². The maximum Gasteiger partial charge on any atom is 0.532 e. The van der Waals surface area contributed by atoms with Crippen molar-refractivity contribution in [1.82, 2.24) is 5.32 Å². The van der Waals surface area contributed by atoms with Gasteiger partial charge in [-0.3, -0.25) is 0 Å². The molecule has 0 aliphatic carbocycles. The molecule has 1 unspecified atom stereocenters. The normalized spacial score (nSPS) is 20.2. The summed E-state index contributed by atoms with van der Waals surface area (Å²) in [5, 5.41) is 12.4. The summed E-state index contributed by atoms with van der Waals surface area (Å²) in [6.45, 7) is 7.00. The Hall–Kier alpha value is -3.04. The number of carbonyl (C=O) groups excluding carboxylic acids is 2. The quantitative estimate of drug-likeness (QED) is 0.610. The summed E-state index contributed by atoms with van der Waals surface area (Å²) < 4.78 is 4.09. The Kier molecular flexibility index (Phi) is 7.12. The van der Waals surface area contributed by atoms with E-state index in [1.54, 1.807) is 27.7 Å². The smallest absolute Gasteiger partial charge is 0.444 e. The molecule has 1 aliphatic rings. The number of imide groups is 1. The third kappa shape index (κ3) is 5.98. The van der Waals surface area contributed by atoms with Gasteiger partial charge in [0.05, 0.1) is 0 Å². The van der Waals surface area contributed by atoms with E-state index in [1.165, 1.54) is 6.20 Å². The van der Waals surface area contributed by atoms with Crippen LogP contribution in [0.5, 0.6) is 0 Å². The number of alkyl carbamates (subject to hydrolysis) is 1. The monoisotopic (exact) mass is 417 g/mol. The number of carboxylic acid groups (broad SMARTS) is 1. The van der Waals surface area contributed by atoms with Gasteiger partial charge in [-0.05, 0) is 33.3 Å². The van der Waals surface area contributed by atoms with Crippen molar-refractivity contribution in [2.24, 2.45) is 10.7 Å². The van der Waals surface area contributed by atoms with Gasteiger partial charge in [0.1, 0.15) is 23.5 Å². The lowest BCUT2D eigenvalue weighted by atomic mass is 10.1. The van der Waals surface area contributed by atoms with Crippen LogP contribution in [0.1, 0.15) is 39.7 Å². The first-order valence-electron chi connectivity index (χ1n) is 9.65. The van der Waals surface area contributed by atoms with E-state index in [1.807, 2.05) is 30.3 Å². The van der Waals surface area contributed by atoms with Gasteiger partial charge in [-0.15, -0.1) is 0 Å². The standard InChI is InChI=1S/C21H28N4O5/c1-14(24-19(27)30-21(2,3)4)10-16-12-25(13-23-16,20(28)29)18(26)17(22)11-15-8-6-5-7-9-15/h5-9,12-14,17H,10-11,22H2,1-4H3,(H-,24,27,28,29)/p+1/t14-,17+,25?/m1/s1. The predicted molar refractivity (Wildman–Crippen MR) is 111 cm³/mol. The molecule has 162 valence electrons. The summed E-state index contributed by atoms with van der Waals surface area (Å²) in [6.07, 6.45) is 0.770. The van der Waals surface area contributed by atoms with Crippen LogP contribution in [0.15, 0.2) is 47.2 Å². The van der Waals surface area contributed by atoms with Crippen LogP contribution in [0.4, 0.5) is 9.59 Å². The molecule has 2 rings (SSSR count). The first-order valence-corrected chi connectivity index (χ1v) is 9.65. The van der Waals surface area contributed by atoms with Gasteiger partial charge in [0, 0.05) is 18.9 Å². The maximum atomic E-state index is 12.9. The minimum Gasteiger partial charge on any atom is -0.444 e. The largest absolute Gasteiger partial charge is 0.532 e. The molecule has 1 heterocycles. The number of amides is 3. The lowest BCUT2D eigenvalue weighted by Crippen LogP contribution is -2.57. The molecule has 0 saturated heterocycles. The van der Waals surface area contributed by atoms with Crippen LogP contribution in [0.2, 0.25) is 0 Å². The Morgan fingerprint density at radius 3 is 2.40 bits per heavy atom. The molecule has 0 fully saturated rings. The first-order chi connectivity index (χ1) is 13.9. The van der Waals surface area contributed by atoms with Crippen LogP contribution in [-0.2, 0) is 16.0 Å². The Morgan fingerprint density at radius 2 is 1.83 bits per heavy atom. The number of nitrogens with two attached hydrogens (primary N) is 1. The molecule has 1 aliphatic heterocycles. The van der Waals surface area contributed by atoms with Crippen molar-refractivity contribution in [3.63, 3.8) is 0 Å². The summed E-state index contributed by atoms with van der Waals surface area (Å²) >= 11 is 0. The molecule has 0 saturated carbocycles. The number of hydrogen-bond donors (Lipinski definition) is 3. The zero-order valence-electron chi connectivity index (χ0n) is 17.7. The molecule has 1 aromatic rings. The Morgan fingerprint density at radius 1 is 1.20 bits per heavy atom. The van der Waals surface area contributed by atoms with Gasteiger partial charge in [-0.1, -0.05) is 34.8 Å². The van der Waals surface area contributed by atoms with Gasteiger partial charge in [0.15, 0.2) is 0 Å². The minimum atomic E-state index is -1.39. The number of hydrogen-bond acceptors (Lipinski definition) is 6. The third-order valence-corrected chi connectivity index (χ3v) is 4.33. The van der Waals surface area contributed by atoms with Crippen LogP contribution >= 0.6 is 0 Å². The zero-order chi connectivity index (χ0) is 22.5. The van der Waals surface area contributed by atoms with Crippen molar-refractivity contribution in [2.75, 3.05) is 0 Å². The van der Waals surface area contributed by atoms with Crippen LogP contribution in [0.3, 0.4) is 0 Å². The van der Waals surface area contributed by atoms with E-state index in [9.17, 15) is 19.5 Å². The van der Waals surface area contributed by atoms with E-state index < -0.39 is 34.2 Å². The Bertz CT molecular complexity index is 860. The second-order valence-corrected chi connectivity index (χ2v) is 8.31. The van der Waals surface area contributed by atoms with Crippen LogP contribution in [0, 0.1) is 0 Å². The average molecular weight is 417 g/mol. The van der Waals surface area contributed by atoms with E-state index in [-0.39, 0.29) is 18.9 Å². The van der Waals surface area contributed by atoms with E-state index in [4.69, 9.17) is 10.5 Å². The molecule has 0 bridgehead atoms. The minimum absolute atomic E-state index is 0.209. The molecule has 0 radical (unpaired) electrons. The molecule has 9 nitrogen and oxygen atoms in total. The van der Waals surface area contributed by atoms with Gasteiger partial charge in [-0.25, -0.2) is 14.6 Å². The highest BCUT2D eigenvalue weighted by Crippen LogP contribution is 2.23. The van der Waals surface area contributed by atoms with Crippen LogP contribution < -0.4 is 11.1 Å². The molecule has 0 spiro atoms. The molecule has 9 heteroatoms. The molecule has 3 amide bonds. The van der Waals surface area contributed by atoms with Crippen molar-refractivity contribution < 1.29 is 28.7 Å². The lowest BCUT2D eigenvalue weighted by Gasteiger charge is -2.22. The van der Waals surface area contributed by atoms with Crippen LogP contribution in [-0.4, -0.2) is 51.7 Å². The van der Waals surface area contributed by atoms with Gasteiger partial charge >= 0.3 is 18.1 Å². The predicted octanol–water partition coefficient (Wildman–Crippen LogP) is 2.76. The first kappa shape index (κ1) is 23.2. The average Bonchev–Trinajstić information content (AvgIpc) is 3.05. The molecule has 0 aromatic heterocycles. The highest BCUT2D eigenvalue weighted by Gasteiger charge is 2.49. The summed E-state index contributed by atoms with van der Waals surface area (Å²) in [6, 6.07) is 7.72.